The molecule has 1 N–H and O–H groups in total. The molecule has 1 aromatic carbocycles. The molecule has 2 aromatic heterocycles. The van der Waals surface area contributed by atoms with Crippen LogP contribution in [0.3, 0.4) is 0 Å². The van der Waals surface area contributed by atoms with Crippen molar-refractivity contribution in [3.05, 3.63) is 42.9 Å². The van der Waals surface area contributed by atoms with E-state index in [2.05, 4.69) is 16.1 Å². The number of benzene rings is 1. The summed E-state index contributed by atoms with van der Waals surface area (Å²) in [6, 6.07) is 8.07. The maximum absolute atomic E-state index is 10.2. The van der Waals surface area contributed by atoms with E-state index < -0.39 is 11.2 Å². The number of rotatable bonds is 5. The number of aromatic nitrogens is 3. The van der Waals surface area contributed by atoms with Crippen molar-refractivity contribution in [1.29, 1.82) is 0 Å². The van der Waals surface area contributed by atoms with Crippen LogP contribution in [-0.2, 0) is 11.7 Å². The van der Waals surface area contributed by atoms with Crippen LogP contribution in [0.2, 0.25) is 0 Å². The van der Waals surface area contributed by atoms with Gasteiger partial charge in [-0.3, -0.25) is 9.67 Å². The zero-order valence-electron chi connectivity index (χ0n) is 15.3. The van der Waals surface area contributed by atoms with Gasteiger partial charge in [-0.15, -0.1) is 0 Å². The molecular weight excluding hydrogens is 313 g/mol. The summed E-state index contributed by atoms with van der Waals surface area (Å²) < 4.78 is 7.65. The molecule has 2 heterocycles. The molecule has 0 saturated carbocycles. The fourth-order valence-electron chi connectivity index (χ4n) is 2.36. The molecule has 0 unspecified atom stereocenters. The molecule has 0 spiro atoms. The first-order chi connectivity index (χ1) is 11.7. The second-order valence-corrected chi connectivity index (χ2v) is 7.35. The van der Waals surface area contributed by atoms with Gasteiger partial charge >= 0.3 is 7.48 Å². The minimum atomic E-state index is -0.959. The van der Waals surface area contributed by atoms with Crippen LogP contribution in [0.1, 0.15) is 27.7 Å². The highest BCUT2D eigenvalue weighted by atomic mass is 16.5. The standard InChI is InChI=1S/C19H23BN3O2/c1-18(2,24)19(3,4)25-20-16-8-6-7-13-9-17(21-11-15(13)16)14-10-22-23(5)12-14/h6-12,24H,1-5H3. The van der Waals surface area contributed by atoms with E-state index in [1.807, 2.05) is 51.5 Å². The lowest BCUT2D eigenvalue weighted by atomic mass is 9.80. The molecule has 3 aromatic rings. The van der Waals surface area contributed by atoms with E-state index in [-0.39, 0.29) is 0 Å². The summed E-state index contributed by atoms with van der Waals surface area (Å²) in [5.74, 6) is 0. The molecule has 0 fully saturated rings. The zero-order valence-corrected chi connectivity index (χ0v) is 15.3. The fraction of sp³-hybridized carbons (Fsp3) is 0.368. The molecule has 0 amide bonds. The number of fused-ring (bicyclic) bond motifs is 1. The van der Waals surface area contributed by atoms with Crippen LogP contribution in [-0.4, -0.2) is 38.6 Å². The molecule has 5 nitrogen and oxygen atoms in total. The lowest BCUT2D eigenvalue weighted by molar-refractivity contribution is -0.0893. The van der Waals surface area contributed by atoms with Crippen molar-refractivity contribution < 1.29 is 9.76 Å². The SMILES string of the molecule is Cn1cc(-c2cc3cccc([B]OC(C)(C)C(C)(C)O)c3cn2)cn1. The van der Waals surface area contributed by atoms with Gasteiger partial charge in [0.1, 0.15) is 0 Å². The van der Waals surface area contributed by atoms with Gasteiger partial charge in [0.05, 0.1) is 23.1 Å². The van der Waals surface area contributed by atoms with Gasteiger partial charge in [-0.2, -0.15) is 5.10 Å². The summed E-state index contributed by atoms with van der Waals surface area (Å²) in [5, 5.41) is 16.5. The largest absolute Gasteiger partial charge is 0.427 e. The van der Waals surface area contributed by atoms with E-state index >= 15 is 0 Å². The lowest BCUT2D eigenvalue weighted by Gasteiger charge is -2.37. The second-order valence-electron chi connectivity index (χ2n) is 7.35. The quantitative estimate of drug-likeness (QED) is 0.727. The van der Waals surface area contributed by atoms with Gasteiger partial charge in [-0.05, 0) is 50.0 Å². The van der Waals surface area contributed by atoms with E-state index in [4.69, 9.17) is 4.65 Å². The molecule has 0 atom stereocenters. The van der Waals surface area contributed by atoms with Crippen LogP contribution in [0.25, 0.3) is 22.0 Å². The molecule has 1 radical (unpaired) electrons. The Labute approximate surface area is 148 Å². The normalized spacial score (nSPS) is 12.6. The van der Waals surface area contributed by atoms with E-state index in [1.54, 1.807) is 32.2 Å². The number of aliphatic hydroxyl groups is 1. The van der Waals surface area contributed by atoms with E-state index in [1.165, 1.54) is 0 Å². The maximum Gasteiger partial charge on any atom is 0.331 e. The average Bonchev–Trinajstić information content (AvgIpc) is 2.98. The Balaban J connectivity index is 1.90. The van der Waals surface area contributed by atoms with Crippen molar-refractivity contribution in [3.63, 3.8) is 0 Å². The van der Waals surface area contributed by atoms with E-state index in [0.29, 0.717) is 0 Å². The predicted octanol–water partition coefficient (Wildman–Crippen LogP) is 2.45. The van der Waals surface area contributed by atoms with Gasteiger partial charge in [0.2, 0.25) is 0 Å². The molecule has 0 bridgehead atoms. The Morgan fingerprint density at radius 3 is 2.56 bits per heavy atom. The van der Waals surface area contributed by atoms with Gasteiger partial charge in [-0.25, -0.2) is 0 Å². The highest BCUT2D eigenvalue weighted by molar-refractivity contribution is 6.51. The van der Waals surface area contributed by atoms with Gasteiger partial charge in [0, 0.05) is 25.0 Å². The molecule has 0 aliphatic heterocycles. The molecule has 0 saturated heterocycles. The lowest BCUT2D eigenvalue weighted by Crippen LogP contribution is -2.49. The number of pyridine rings is 1. The predicted molar refractivity (Wildman–Crippen MR) is 101 cm³/mol. The first-order valence-corrected chi connectivity index (χ1v) is 8.28. The van der Waals surface area contributed by atoms with Gasteiger partial charge in [-0.1, -0.05) is 18.2 Å². The first-order valence-electron chi connectivity index (χ1n) is 8.28. The molecule has 25 heavy (non-hydrogen) atoms. The average molecular weight is 336 g/mol. The van der Waals surface area contributed by atoms with Gasteiger partial charge in [0.25, 0.3) is 0 Å². The summed E-state index contributed by atoms with van der Waals surface area (Å²) in [4.78, 5) is 4.57. The third-order valence-corrected chi connectivity index (χ3v) is 4.75. The highest BCUT2D eigenvalue weighted by Crippen LogP contribution is 2.25. The van der Waals surface area contributed by atoms with Gasteiger partial charge in [0.15, 0.2) is 0 Å². The first kappa shape index (κ1) is 17.6. The summed E-state index contributed by atoms with van der Waals surface area (Å²) in [6.07, 6.45) is 5.60. The molecule has 0 aliphatic rings. The number of hydrogen-bond donors (Lipinski definition) is 1. The Kier molecular flexibility index (Phi) is 4.43. The van der Waals surface area contributed by atoms with Crippen molar-refractivity contribution in [3.8, 4) is 11.3 Å². The van der Waals surface area contributed by atoms with E-state index in [9.17, 15) is 5.11 Å². The third kappa shape index (κ3) is 3.60. The van der Waals surface area contributed by atoms with Crippen molar-refractivity contribution in [2.45, 2.75) is 38.9 Å². The summed E-state index contributed by atoms with van der Waals surface area (Å²) in [7, 11) is 3.59. The van der Waals surface area contributed by atoms with Crippen LogP contribution >= 0.6 is 0 Å². The number of aryl methyl sites for hydroxylation is 1. The minimum Gasteiger partial charge on any atom is -0.427 e. The molecule has 129 valence electrons. The van der Waals surface area contributed by atoms with Crippen molar-refractivity contribution in [2.75, 3.05) is 0 Å². The summed E-state index contributed by atoms with van der Waals surface area (Å²) in [6.45, 7) is 7.22. The molecule has 6 heteroatoms. The van der Waals surface area contributed by atoms with Crippen LogP contribution in [0.15, 0.2) is 42.9 Å². The van der Waals surface area contributed by atoms with Crippen molar-refractivity contribution in [1.82, 2.24) is 14.8 Å². The van der Waals surface area contributed by atoms with Crippen molar-refractivity contribution in [2.24, 2.45) is 7.05 Å². The summed E-state index contributed by atoms with van der Waals surface area (Å²) in [5.41, 5.74) is 1.13. The Morgan fingerprint density at radius 1 is 1.16 bits per heavy atom. The number of nitrogens with zero attached hydrogens (tertiary/aromatic N) is 3. The highest BCUT2D eigenvalue weighted by Gasteiger charge is 2.35. The molecule has 0 aliphatic carbocycles. The molecule has 3 rings (SSSR count). The van der Waals surface area contributed by atoms with Crippen LogP contribution in [0.5, 0.6) is 0 Å². The smallest absolute Gasteiger partial charge is 0.331 e. The van der Waals surface area contributed by atoms with Crippen molar-refractivity contribution >= 4 is 23.7 Å². The summed E-state index contributed by atoms with van der Waals surface area (Å²) >= 11 is 0. The monoisotopic (exact) mass is 336 g/mol. The van der Waals surface area contributed by atoms with Crippen LogP contribution < -0.4 is 5.46 Å². The Hall–Kier alpha value is -2.18. The van der Waals surface area contributed by atoms with Gasteiger partial charge < -0.3 is 9.76 Å². The Bertz CT molecular complexity index is 897. The fourth-order valence-corrected chi connectivity index (χ4v) is 2.36. The van der Waals surface area contributed by atoms with E-state index in [0.717, 1.165) is 27.5 Å². The molecular formula is C19H23BN3O2. The Morgan fingerprint density at radius 2 is 1.92 bits per heavy atom. The topological polar surface area (TPSA) is 60.2 Å². The van der Waals surface area contributed by atoms with Crippen LogP contribution in [0, 0.1) is 0 Å². The minimum absolute atomic E-state index is 0.710. The third-order valence-electron chi connectivity index (χ3n) is 4.75. The maximum atomic E-state index is 10.2. The second kappa shape index (κ2) is 6.28. The zero-order chi connectivity index (χ0) is 18.2. The van der Waals surface area contributed by atoms with Crippen LogP contribution in [0.4, 0.5) is 0 Å². The number of hydrogen-bond acceptors (Lipinski definition) is 4.